The standard InChI is InChI=1S/C15H6Cl2N2O2/c16-10-11(17)14(20)15(21)13-12(10)18-9-6-5-7-3-1-2-4-8(7)19(9)13/h1-6H. The number of halogens is 2. The number of rotatable bonds is 0. The number of allylic oxidation sites excluding steroid dienone is 1. The van der Waals surface area contributed by atoms with E-state index in [1.165, 1.54) is 0 Å². The fourth-order valence-electron chi connectivity index (χ4n) is 2.56. The maximum Gasteiger partial charge on any atom is 0.253 e. The number of para-hydroxylation sites is 1. The van der Waals surface area contributed by atoms with Gasteiger partial charge in [-0.25, -0.2) is 4.98 Å². The molecule has 4 rings (SSSR count). The van der Waals surface area contributed by atoms with Gasteiger partial charge in [0.2, 0.25) is 5.78 Å². The summed E-state index contributed by atoms with van der Waals surface area (Å²) >= 11 is 11.9. The van der Waals surface area contributed by atoms with E-state index in [0.29, 0.717) is 5.65 Å². The first-order valence-corrected chi connectivity index (χ1v) is 6.90. The van der Waals surface area contributed by atoms with Gasteiger partial charge < -0.3 is 0 Å². The van der Waals surface area contributed by atoms with Crippen LogP contribution in [-0.2, 0) is 4.79 Å². The van der Waals surface area contributed by atoms with Crippen LogP contribution in [0.4, 0.5) is 0 Å². The highest BCUT2D eigenvalue weighted by atomic mass is 35.5. The lowest BCUT2D eigenvalue weighted by molar-refractivity contribution is -0.111. The molecule has 4 nitrogen and oxygen atoms in total. The Morgan fingerprint density at radius 3 is 2.48 bits per heavy atom. The molecule has 1 aliphatic rings. The Hall–Kier alpha value is -2.17. The minimum atomic E-state index is -0.802. The van der Waals surface area contributed by atoms with E-state index in [0.717, 1.165) is 10.9 Å². The van der Waals surface area contributed by atoms with Crippen molar-refractivity contribution in [3.8, 4) is 0 Å². The number of benzene rings is 1. The molecule has 21 heavy (non-hydrogen) atoms. The molecule has 3 aromatic rings. The van der Waals surface area contributed by atoms with Crippen molar-refractivity contribution in [3.63, 3.8) is 0 Å². The van der Waals surface area contributed by atoms with Crippen LogP contribution in [0.5, 0.6) is 0 Å². The summed E-state index contributed by atoms with van der Waals surface area (Å²) in [5.41, 5.74) is 1.75. The zero-order valence-electron chi connectivity index (χ0n) is 10.4. The van der Waals surface area contributed by atoms with Crippen LogP contribution in [0.25, 0.3) is 21.6 Å². The number of fused-ring (bicyclic) bond motifs is 5. The van der Waals surface area contributed by atoms with E-state index in [1.807, 2.05) is 30.3 Å². The van der Waals surface area contributed by atoms with Gasteiger partial charge in [0, 0.05) is 0 Å². The summed E-state index contributed by atoms with van der Waals surface area (Å²) < 4.78 is 1.65. The average Bonchev–Trinajstić information content (AvgIpc) is 2.91. The molecule has 0 fully saturated rings. The number of aromatic nitrogens is 2. The molecule has 102 valence electrons. The summed E-state index contributed by atoms with van der Waals surface area (Å²) in [4.78, 5) is 28.6. The Bertz CT molecular complexity index is 1000. The number of nitrogens with zero attached hydrogens (tertiary/aromatic N) is 2. The number of imidazole rings is 1. The molecule has 0 N–H and O–H groups in total. The zero-order valence-corrected chi connectivity index (χ0v) is 11.9. The predicted octanol–water partition coefficient (Wildman–Crippen LogP) is 3.40. The Kier molecular flexibility index (Phi) is 2.49. The van der Waals surface area contributed by atoms with Crippen LogP contribution in [0.2, 0.25) is 0 Å². The zero-order chi connectivity index (χ0) is 14.7. The summed E-state index contributed by atoms with van der Waals surface area (Å²) in [6.45, 7) is 0. The van der Waals surface area contributed by atoms with Crippen molar-refractivity contribution < 1.29 is 9.59 Å². The molecule has 0 saturated heterocycles. The third-order valence-electron chi connectivity index (χ3n) is 3.51. The summed E-state index contributed by atoms with van der Waals surface area (Å²) in [6, 6.07) is 11.2. The van der Waals surface area contributed by atoms with Crippen molar-refractivity contribution in [2.45, 2.75) is 0 Å². The lowest BCUT2D eigenvalue weighted by Crippen LogP contribution is -2.22. The molecule has 6 heteroatoms. The molecule has 0 bridgehead atoms. The minimum Gasteiger partial charge on any atom is -0.289 e. The van der Waals surface area contributed by atoms with Gasteiger partial charge in [0.15, 0.2) is 0 Å². The summed E-state index contributed by atoms with van der Waals surface area (Å²) in [6.07, 6.45) is 0. The maximum absolute atomic E-state index is 12.3. The van der Waals surface area contributed by atoms with Crippen LogP contribution in [0.15, 0.2) is 41.4 Å². The van der Waals surface area contributed by atoms with E-state index < -0.39 is 11.6 Å². The predicted molar refractivity (Wildman–Crippen MR) is 80.7 cm³/mol. The highest BCUT2D eigenvalue weighted by Gasteiger charge is 2.35. The van der Waals surface area contributed by atoms with E-state index in [-0.39, 0.29) is 21.5 Å². The lowest BCUT2D eigenvalue weighted by Gasteiger charge is -2.10. The maximum atomic E-state index is 12.3. The number of hydrogen-bond acceptors (Lipinski definition) is 3. The molecule has 0 radical (unpaired) electrons. The Morgan fingerprint density at radius 2 is 1.67 bits per heavy atom. The van der Waals surface area contributed by atoms with Gasteiger partial charge in [-0.2, -0.15) is 0 Å². The van der Waals surface area contributed by atoms with E-state index in [4.69, 9.17) is 23.2 Å². The topological polar surface area (TPSA) is 51.4 Å². The van der Waals surface area contributed by atoms with Crippen LogP contribution in [0.3, 0.4) is 0 Å². The highest BCUT2D eigenvalue weighted by molar-refractivity contribution is 6.70. The van der Waals surface area contributed by atoms with E-state index in [9.17, 15) is 9.59 Å². The average molecular weight is 317 g/mol. The molecule has 1 aliphatic carbocycles. The molecule has 0 aliphatic heterocycles. The van der Waals surface area contributed by atoms with Crippen LogP contribution < -0.4 is 0 Å². The molecule has 0 unspecified atom stereocenters. The van der Waals surface area contributed by atoms with Crippen molar-refractivity contribution in [1.29, 1.82) is 0 Å². The summed E-state index contributed by atoms with van der Waals surface area (Å²) in [7, 11) is 0. The molecular weight excluding hydrogens is 311 g/mol. The third-order valence-corrected chi connectivity index (χ3v) is 4.34. The van der Waals surface area contributed by atoms with Gasteiger partial charge in [-0.05, 0) is 23.6 Å². The van der Waals surface area contributed by atoms with Gasteiger partial charge in [0.25, 0.3) is 5.78 Å². The number of carbonyl (C=O) groups is 2. The fourth-order valence-corrected chi connectivity index (χ4v) is 2.96. The van der Waals surface area contributed by atoms with Gasteiger partial charge in [-0.15, -0.1) is 0 Å². The quantitative estimate of drug-likeness (QED) is 0.597. The third kappa shape index (κ3) is 1.54. The second-order valence-electron chi connectivity index (χ2n) is 4.68. The number of pyridine rings is 1. The van der Waals surface area contributed by atoms with Gasteiger partial charge in [0.1, 0.15) is 22.1 Å². The first kappa shape index (κ1) is 12.6. The molecule has 2 heterocycles. The number of hydrogen-bond donors (Lipinski definition) is 0. The van der Waals surface area contributed by atoms with Gasteiger partial charge in [-0.3, -0.25) is 14.0 Å². The van der Waals surface area contributed by atoms with Crippen molar-refractivity contribution in [2.24, 2.45) is 0 Å². The SMILES string of the molecule is O=C1C(=O)c2c(nc3ccc4ccccc4n23)C(Cl)=C1Cl. The van der Waals surface area contributed by atoms with Gasteiger partial charge in [-0.1, -0.05) is 41.4 Å². The number of Topliss-reactive ketones (excluding diaryl/α,β-unsaturated/α-hetero) is 2. The number of carbonyl (C=O) groups excluding carboxylic acids is 2. The Labute approximate surface area is 128 Å². The minimum absolute atomic E-state index is 0.0176. The van der Waals surface area contributed by atoms with Crippen molar-refractivity contribution in [2.75, 3.05) is 0 Å². The van der Waals surface area contributed by atoms with Crippen molar-refractivity contribution in [1.82, 2.24) is 9.38 Å². The summed E-state index contributed by atoms with van der Waals surface area (Å²) in [5, 5.41) is 0.674. The molecule has 0 amide bonds. The molecule has 0 saturated carbocycles. The second-order valence-corrected chi connectivity index (χ2v) is 5.44. The largest absolute Gasteiger partial charge is 0.289 e. The molecule has 2 aromatic heterocycles. The van der Waals surface area contributed by atoms with Crippen LogP contribution in [0, 0.1) is 0 Å². The van der Waals surface area contributed by atoms with Crippen molar-refractivity contribution >= 4 is 56.4 Å². The first-order valence-electron chi connectivity index (χ1n) is 6.14. The monoisotopic (exact) mass is 316 g/mol. The molecule has 0 spiro atoms. The fraction of sp³-hybridized carbons (Fsp3) is 0. The van der Waals surface area contributed by atoms with E-state index >= 15 is 0 Å². The van der Waals surface area contributed by atoms with E-state index in [1.54, 1.807) is 10.5 Å². The lowest BCUT2D eigenvalue weighted by atomic mass is 10.0. The molecule has 1 aromatic carbocycles. The van der Waals surface area contributed by atoms with Crippen LogP contribution >= 0.6 is 23.2 Å². The first-order chi connectivity index (χ1) is 10.1. The number of ketones is 2. The Morgan fingerprint density at radius 1 is 0.905 bits per heavy atom. The van der Waals surface area contributed by atoms with Crippen LogP contribution in [0.1, 0.15) is 16.2 Å². The van der Waals surface area contributed by atoms with Gasteiger partial charge >= 0.3 is 0 Å². The summed E-state index contributed by atoms with van der Waals surface area (Å²) in [5.74, 6) is -1.49. The molecule has 0 atom stereocenters. The Balaban J connectivity index is 2.26. The van der Waals surface area contributed by atoms with Crippen molar-refractivity contribution in [3.05, 3.63) is 52.8 Å². The van der Waals surface area contributed by atoms with Gasteiger partial charge in [0.05, 0.1) is 10.5 Å². The smallest absolute Gasteiger partial charge is 0.253 e. The van der Waals surface area contributed by atoms with E-state index in [2.05, 4.69) is 4.98 Å². The normalized spacial score (nSPS) is 15.1. The van der Waals surface area contributed by atoms with Crippen LogP contribution in [-0.4, -0.2) is 21.0 Å². The second kappa shape index (κ2) is 4.16. The molecular formula is C15H6Cl2N2O2. The highest BCUT2D eigenvalue weighted by Crippen LogP contribution is 2.35.